The average Bonchev–Trinajstić information content (AvgIpc) is 3.40. The second-order valence-corrected chi connectivity index (χ2v) is 10.3. The number of aliphatic hydroxyl groups is 1. The molecule has 0 spiro atoms. The van der Waals surface area contributed by atoms with Gasteiger partial charge in [0.15, 0.2) is 0 Å². The van der Waals surface area contributed by atoms with E-state index in [0.717, 1.165) is 23.6 Å². The van der Waals surface area contributed by atoms with Crippen LogP contribution in [0.15, 0.2) is 47.5 Å². The molecule has 0 radical (unpaired) electrons. The zero-order valence-corrected chi connectivity index (χ0v) is 19.8. The molecule has 176 valence electrons. The summed E-state index contributed by atoms with van der Waals surface area (Å²) in [5, 5.41) is 18.5. The van der Waals surface area contributed by atoms with Gasteiger partial charge in [-0.2, -0.15) is 5.10 Å². The Bertz CT molecular complexity index is 1490. The van der Waals surface area contributed by atoms with Gasteiger partial charge in [0.05, 0.1) is 28.2 Å². The largest absolute Gasteiger partial charge is 0.507 e. The first-order valence-electron chi connectivity index (χ1n) is 11.5. The minimum absolute atomic E-state index is 0.101. The maximum Gasteiger partial charge on any atom is 0.410 e. The normalized spacial score (nSPS) is 17.4. The topological polar surface area (TPSA) is 97.5 Å². The molecule has 1 amide bonds. The molecule has 2 aromatic carbocycles. The SMILES string of the molecule is CC(C)(C)OC(=O)N1CCC(C)(n2cc(C(O)=c3ccc4nc(=O)c5cccc3c45)cn2)CC1. The van der Waals surface area contributed by atoms with Crippen LogP contribution in [0.1, 0.15) is 46.1 Å². The van der Waals surface area contributed by atoms with Crippen molar-refractivity contribution in [1.29, 1.82) is 0 Å². The summed E-state index contributed by atoms with van der Waals surface area (Å²) in [5.74, 6) is 0.101. The second-order valence-electron chi connectivity index (χ2n) is 10.3. The number of amides is 1. The minimum Gasteiger partial charge on any atom is -0.507 e. The number of nitrogens with zero attached hydrogens (tertiary/aromatic N) is 4. The highest BCUT2D eigenvalue weighted by atomic mass is 16.6. The Balaban J connectivity index is 1.44. The van der Waals surface area contributed by atoms with Crippen LogP contribution >= 0.6 is 0 Å². The molecular formula is C26H28N4O4. The van der Waals surface area contributed by atoms with Gasteiger partial charge in [-0.15, -0.1) is 0 Å². The third kappa shape index (κ3) is 3.73. The van der Waals surface area contributed by atoms with Crippen LogP contribution in [0, 0.1) is 0 Å². The summed E-state index contributed by atoms with van der Waals surface area (Å²) in [7, 11) is 0. The van der Waals surface area contributed by atoms with E-state index >= 15 is 0 Å². The molecule has 1 saturated heterocycles. The highest BCUT2D eigenvalue weighted by Crippen LogP contribution is 2.31. The predicted molar refractivity (Wildman–Crippen MR) is 130 cm³/mol. The molecule has 5 rings (SSSR count). The number of aliphatic hydroxyl groups excluding tert-OH is 1. The Morgan fingerprint density at radius 3 is 2.53 bits per heavy atom. The minimum atomic E-state index is -0.522. The number of aromatic nitrogens is 3. The van der Waals surface area contributed by atoms with E-state index in [1.165, 1.54) is 0 Å². The molecule has 1 N–H and O–H groups in total. The average molecular weight is 461 g/mol. The van der Waals surface area contributed by atoms with Gasteiger partial charge in [0.25, 0.3) is 5.56 Å². The number of ether oxygens (including phenoxy) is 1. The molecule has 8 heteroatoms. The number of benzene rings is 2. The standard InChI is InChI=1S/C26H28N4O4/c1-25(2,3)34-24(33)29-12-10-26(4,11-13-29)30-15-16(14-27-30)22(31)18-8-9-20-21-17(18)6-5-7-19(21)23(32)28-20/h5-9,14-15,31H,10-13H2,1-4H3. The van der Waals surface area contributed by atoms with Gasteiger partial charge in [-0.3, -0.25) is 9.48 Å². The van der Waals surface area contributed by atoms with E-state index in [4.69, 9.17) is 4.74 Å². The molecule has 8 nitrogen and oxygen atoms in total. The van der Waals surface area contributed by atoms with Gasteiger partial charge < -0.3 is 14.7 Å². The third-order valence-corrected chi connectivity index (χ3v) is 6.63. The van der Waals surface area contributed by atoms with Crippen molar-refractivity contribution >= 4 is 33.5 Å². The molecule has 0 bridgehead atoms. The van der Waals surface area contributed by atoms with Crippen molar-refractivity contribution in [3.05, 3.63) is 63.9 Å². The van der Waals surface area contributed by atoms with Crippen molar-refractivity contribution < 1.29 is 14.6 Å². The Labute approximate surface area is 196 Å². The molecule has 0 aliphatic carbocycles. The fraction of sp³-hybridized carbons (Fsp3) is 0.385. The highest BCUT2D eigenvalue weighted by Gasteiger charge is 2.35. The summed E-state index contributed by atoms with van der Waals surface area (Å²) in [6, 6.07) is 9.01. The van der Waals surface area contributed by atoms with Crippen LogP contribution in [-0.4, -0.2) is 49.6 Å². The van der Waals surface area contributed by atoms with E-state index < -0.39 is 5.60 Å². The summed E-state index contributed by atoms with van der Waals surface area (Å²) in [6.45, 7) is 8.84. The summed E-state index contributed by atoms with van der Waals surface area (Å²) in [5.41, 5.74) is 0.164. The lowest BCUT2D eigenvalue weighted by molar-refractivity contribution is 0.0120. The van der Waals surface area contributed by atoms with Crippen molar-refractivity contribution in [2.75, 3.05) is 13.1 Å². The molecule has 0 unspecified atom stereocenters. The molecule has 1 fully saturated rings. The van der Waals surface area contributed by atoms with Gasteiger partial charge >= 0.3 is 6.09 Å². The molecule has 0 atom stereocenters. The van der Waals surface area contributed by atoms with Crippen LogP contribution in [0.3, 0.4) is 0 Å². The van der Waals surface area contributed by atoms with E-state index in [1.807, 2.05) is 37.7 Å². The predicted octanol–water partition coefficient (Wildman–Crippen LogP) is 3.56. The van der Waals surface area contributed by atoms with Crippen molar-refractivity contribution in [3.63, 3.8) is 0 Å². The first-order chi connectivity index (χ1) is 16.1. The molecule has 2 aromatic heterocycles. The summed E-state index contributed by atoms with van der Waals surface area (Å²) >= 11 is 0. The van der Waals surface area contributed by atoms with Crippen molar-refractivity contribution in [1.82, 2.24) is 19.7 Å². The Morgan fingerprint density at radius 1 is 1.12 bits per heavy atom. The van der Waals surface area contributed by atoms with E-state index in [0.29, 0.717) is 34.8 Å². The Morgan fingerprint density at radius 2 is 1.82 bits per heavy atom. The zero-order valence-electron chi connectivity index (χ0n) is 19.8. The van der Waals surface area contributed by atoms with Gasteiger partial charge in [0, 0.05) is 29.9 Å². The molecule has 34 heavy (non-hydrogen) atoms. The van der Waals surface area contributed by atoms with Gasteiger partial charge in [0.2, 0.25) is 0 Å². The number of likely N-dealkylation sites (tertiary alicyclic amines) is 1. The smallest absolute Gasteiger partial charge is 0.410 e. The lowest BCUT2D eigenvalue weighted by atomic mass is 9.90. The number of piperidine rings is 1. The number of carbonyl (C=O) groups is 1. The summed E-state index contributed by atoms with van der Waals surface area (Å²) < 4.78 is 7.38. The van der Waals surface area contributed by atoms with Crippen LogP contribution in [0.2, 0.25) is 0 Å². The van der Waals surface area contributed by atoms with E-state index in [9.17, 15) is 14.7 Å². The molecule has 0 saturated carbocycles. The zero-order chi connectivity index (χ0) is 24.3. The van der Waals surface area contributed by atoms with E-state index in [1.54, 1.807) is 35.4 Å². The van der Waals surface area contributed by atoms with Crippen molar-refractivity contribution in [3.8, 4) is 0 Å². The van der Waals surface area contributed by atoms with Gasteiger partial charge in [0.1, 0.15) is 11.4 Å². The van der Waals surface area contributed by atoms with E-state index in [2.05, 4.69) is 17.0 Å². The number of hydrogen-bond acceptors (Lipinski definition) is 6. The fourth-order valence-corrected chi connectivity index (χ4v) is 4.66. The van der Waals surface area contributed by atoms with Gasteiger partial charge in [-0.25, -0.2) is 9.78 Å². The molecule has 3 heterocycles. The lowest BCUT2D eigenvalue weighted by Crippen LogP contribution is -2.48. The van der Waals surface area contributed by atoms with Crippen molar-refractivity contribution in [2.45, 2.75) is 51.7 Å². The summed E-state index contributed by atoms with van der Waals surface area (Å²) in [6.07, 6.45) is 4.65. The monoisotopic (exact) mass is 460 g/mol. The number of rotatable bonds is 2. The fourth-order valence-electron chi connectivity index (χ4n) is 4.66. The maximum atomic E-state index is 12.4. The van der Waals surface area contributed by atoms with Crippen molar-refractivity contribution in [2.24, 2.45) is 0 Å². The van der Waals surface area contributed by atoms with Gasteiger partial charge in [-0.1, -0.05) is 12.1 Å². The van der Waals surface area contributed by atoms with Crippen LogP contribution in [0.4, 0.5) is 4.79 Å². The second kappa shape index (κ2) is 7.68. The molecule has 4 aromatic rings. The van der Waals surface area contributed by atoms with Gasteiger partial charge in [-0.05, 0) is 64.1 Å². The first kappa shape index (κ1) is 22.1. The number of carbonyl (C=O) groups excluding carboxylic acids is 1. The third-order valence-electron chi connectivity index (χ3n) is 6.63. The summed E-state index contributed by atoms with van der Waals surface area (Å²) in [4.78, 5) is 30.4. The molecule has 1 aliphatic rings. The van der Waals surface area contributed by atoms with E-state index in [-0.39, 0.29) is 23.0 Å². The Kier molecular flexibility index (Phi) is 5.00. The van der Waals surface area contributed by atoms with Crippen LogP contribution in [-0.2, 0) is 10.3 Å². The van der Waals surface area contributed by atoms with Crippen LogP contribution in [0.5, 0.6) is 0 Å². The van der Waals surface area contributed by atoms with Crippen LogP contribution in [0.25, 0.3) is 27.4 Å². The highest BCUT2D eigenvalue weighted by molar-refractivity contribution is 6.09. The number of hydrogen-bond donors (Lipinski definition) is 1. The Hall–Kier alpha value is -3.68. The maximum absolute atomic E-state index is 12.4. The lowest BCUT2D eigenvalue weighted by Gasteiger charge is -2.39. The molecular weight excluding hydrogens is 432 g/mol. The van der Waals surface area contributed by atoms with Crippen LogP contribution < -0.4 is 10.8 Å². The molecule has 1 aliphatic heterocycles. The quantitative estimate of drug-likeness (QED) is 0.491. The first-order valence-corrected chi connectivity index (χ1v) is 11.5.